The number of anilines is 2. The molecule has 0 saturated heterocycles. The summed E-state index contributed by atoms with van der Waals surface area (Å²) >= 11 is 5.94. The predicted octanol–water partition coefficient (Wildman–Crippen LogP) is 5.12. The molecule has 1 heterocycles. The van der Waals surface area contributed by atoms with Crippen LogP contribution in [0.15, 0.2) is 60.7 Å². The molecule has 2 aromatic carbocycles. The lowest BCUT2D eigenvalue weighted by Crippen LogP contribution is -2.25. The Morgan fingerprint density at radius 3 is 2.41 bits per heavy atom. The molecule has 4 nitrogen and oxygen atoms in total. The van der Waals surface area contributed by atoms with Gasteiger partial charge in [-0.2, -0.15) is 4.98 Å². The Labute approximate surface area is 166 Å². The number of aromatic nitrogens is 2. The van der Waals surface area contributed by atoms with Crippen LogP contribution in [0.25, 0.3) is 0 Å². The summed E-state index contributed by atoms with van der Waals surface area (Å²) in [6, 6.07) is 20.4. The van der Waals surface area contributed by atoms with Crippen LogP contribution in [-0.2, 0) is 13.0 Å². The first kappa shape index (κ1) is 19.2. The molecule has 0 aliphatic heterocycles. The van der Waals surface area contributed by atoms with Gasteiger partial charge in [0.25, 0.3) is 0 Å². The van der Waals surface area contributed by atoms with Crippen molar-refractivity contribution < 1.29 is 0 Å². The molecular formula is C22H25ClN4. The van der Waals surface area contributed by atoms with Gasteiger partial charge in [0, 0.05) is 36.4 Å². The molecule has 0 spiro atoms. The Morgan fingerprint density at radius 2 is 1.70 bits per heavy atom. The van der Waals surface area contributed by atoms with Gasteiger partial charge in [-0.1, -0.05) is 54.1 Å². The Hall–Kier alpha value is -2.59. The van der Waals surface area contributed by atoms with Crippen LogP contribution in [0.3, 0.4) is 0 Å². The number of hydrogen-bond donors (Lipinski definition) is 1. The topological polar surface area (TPSA) is 41.1 Å². The monoisotopic (exact) mass is 380 g/mol. The maximum atomic E-state index is 5.94. The van der Waals surface area contributed by atoms with Crippen molar-refractivity contribution >= 4 is 23.4 Å². The number of nitrogens with one attached hydrogen (secondary N) is 1. The van der Waals surface area contributed by atoms with E-state index in [0.717, 1.165) is 48.5 Å². The molecule has 1 N–H and O–H groups in total. The summed E-state index contributed by atoms with van der Waals surface area (Å²) in [7, 11) is 0. The van der Waals surface area contributed by atoms with Crippen molar-refractivity contribution in [1.82, 2.24) is 9.97 Å². The smallest absolute Gasteiger partial charge is 0.227 e. The predicted molar refractivity (Wildman–Crippen MR) is 114 cm³/mol. The van der Waals surface area contributed by atoms with Crippen LogP contribution in [0.1, 0.15) is 23.7 Å². The lowest BCUT2D eigenvalue weighted by molar-refractivity contribution is 0.787. The third-order valence-electron chi connectivity index (χ3n) is 4.36. The van der Waals surface area contributed by atoms with Crippen LogP contribution in [0, 0.1) is 6.92 Å². The average Bonchev–Trinajstić information content (AvgIpc) is 2.68. The van der Waals surface area contributed by atoms with Crippen molar-refractivity contribution in [3.05, 3.63) is 82.5 Å². The summed E-state index contributed by atoms with van der Waals surface area (Å²) in [4.78, 5) is 11.6. The van der Waals surface area contributed by atoms with Gasteiger partial charge in [0.05, 0.1) is 0 Å². The Bertz CT molecular complexity index is 850. The van der Waals surface area contributed by atoms with Gasteiger partial charge in [0.15, 0.2) is 0 Å². The first-order chi connectivity index (χ1) is 13.1. The number of aryl methyl sites for hydroxylation is 1. The van der Waals surface area contributed by atoms with E-state index < -0.39 is 0 Å². The van der Waals surface area contributed by atoms with Gasteiger partial charge in [-0.25, -0.2) is 4.98 Å². The second-order valence-electron chi connectivity index (χ2n) is 6.50. The summed E-state index contributed by atoms with van der Waals surface area (Å²) in [5.74, 6) is 1.62. The molecule has 5 heteroatoms. The lowest BCUT2D eigenvalue weighted by Gasteiger charge is -2.22. The standard InChI is InChI=1S/C22H25ClN4/c1-3-27(16-19-7-5-4-6-8-19)22-25-17(2)15-21(26-22)24-14-13-18-9-11-20(23)12-10-18/h4-12,15H,3,13-14,16H2,1-2H3,(H,24,25,26). The molecule has 0 saturated carbocycles. The molecule has 1 aromatic heterocycles. The molecule has 3 aromatic rings. The molecular weight excluding hydrogens is 356 g/mol. The molecule has 0 atom stereocenters. The van der Waals surface area contributed by atoms with E-state index in [4.69, 9.17) is 16.6 Å². The fourth-order valence-electron chi connectivity index (χ4n) is 2.90. The summed E-state index contributed by atoms with van der Waals surface area (Å²) < 4.78 is 0. The van der Waals surface area contributed by atoms with Crippen LogP contribution >= 0.6 is 11.6 Å². The zero-order chi connectivity index (χ0) is 19.1. The SMILES string of the molecule is CCN(Cc1ccccc1)c1nc(C)cc(NCCc2ccc(Cl)cc2)n1. The molecule has 0 aliphatic rings. The van der Waals surface area contributed by atoms with Gasteiger partial charge < -0.3 is 10.2 Å². The van der Waals surface area contributed by atoms with Crippen LogP contribution in [0.4, 0.5) is 11.8 Å². The lowest BCUT2D eigenvalue weighted by atomic mass is 10.1. The Morgan fingerprint density at radius 1 is 0.963 bits per heavy atom. The molecule has 0 amide bonds. The highest BCUT2D eigenvalue weighted by Gasteiger charge is 2.10. The molecule has 140 valence electrons. The maximum absolute atomic E-state index is 5.94. The van der Waals surface area contributed by atoms with Crippen LogP contribution < -0.4 is 10.2 Å². The van der Waals surface area contributed by atoms with E-state index in [1.54, 1.807) is 0 Å². The Balaban J connectivity index is 1.66. The van der Waals surface area contributed by atoms with Crippen LogP contribution in [0.2, 0.25) is 5.02 Å². The van der Waals surface area contributed by atoms with Gasteiger partial charge in [-0.15, -0.1) is 0 Å². The molecule has 3 rings (SSSR count). The summed E-state index contributed by atoms with van der Waals surface area (Å²) in [5, 5.41) is 4.19. The third kappa shape index (κ3) is 5.69. The van der Waals surface area contributed by atoms with Crippen molar-refractivity contribution in [2.45, 2.75) is 26.8 Å². The quantitative estimate of drug-likeness (QED) is 0.588. The minimum absolute atomic E-state index is 0.760. The second-order valence-corrected chi connectivity index (χ2v) is 6.93. The van der Waals surface area contributed by atoms with E-state index in [0.29, 0.717) is 0 Å². The first-order valence-corrected chi connectivity index (χ1v) is 9.64. The van der Waals surface area contributed by atoms with Crippen molar-refractivity contribution in [2.24, 2.45) is 0 Å². The molecule has 0 aliphatic carbocycles. The van der Waals surface area contributed by atoms with Crippen LogP contribution in [0.5, 0.6) is 0 Å². The van der Waals surface area contributed by atoms with E-state index in [-0.39, 0.29) is 0 Å². The molecule has 0 fully saturated rings. The summed E-state index contributed by atoms with van der Waals surface area (Å²) in [5.41, 5.74) is 3.46. The minimum atomic E-state index is 0.760. The van der Waals surface area contributed by atoms with Gasteiger partial charge >= 0.3 is 0 Å². The highest BCUT2D eigenvalue weighted by molar-refractivity contribution is 6.30. The Kier molecular flexibility index (Phi) is 6.66. The van der Waals surface area contributed by atoms with E-state index in [2.05, 4.69) is 58.5 Å². The maximum Gasteiger partial charge on any atom is 0.227 e. The number of benzene rings is 2. The van der Waals surface area contributed by atoms with Crippen molar-refractivity contribution in [1.29, 1.82) is 0 Å². The van der Waals surface area contributed by atoms with Crippen molar-refractivity contribution in [2.75, 3.05) is 23.3 Å². The van der Waals surface area contributed by atoms with Gasteiger partial charge in [-0.3, -0.25) is 0 Å². The zero-order valence-corrected chi connectivity index (χ0v) is 16.6. The third-order valence-corrected chi connectivity index (χ3v) is 4.61. The minimum Gasteiger partial charge on any atom is -0.370 e. The number of halogens is 1. The number of hydrogen-bond acceptors (Lipinski definition) is 4. The normalized spacial score (nSPS) is 10.6. The number of nitrogens with zero attached hydrogens (tertiary/aromatic N) is 3. The molecule has 0 bridgehead atoms. The van der Waals surface area contributed by atoms with E-state index in [1.807, 2.05) is 31.2 Å². The highest BCUT2D eigenvalue weighted by atomic mass is 35.5. The number of rotatable bonds is 8. The van der Waals surface area contributed by atoms with Gasteiger partial charge in [0.1, 0.15) is 5.82 Å². The van der Waals surface area contributed by atoms with Gasteiger partial charge in [-0.05, 0) is 43.5 Å². The molecule has 0 unspecified atom stereocenters. The average molecular weight is 381 g/mol. The van der Waals surface area contributed by atoms with Crippen molar-refractivity contribution in [3.63, 3.8) is 0 Å². The van der Waals surface area contributed by atoms with E-state index in [9.17, 15) is 0 Å². The molecule has 27 heavy (non-hydrogen) atoms. The van der Waals surface area contributed by atoms with E-state index >= 15 is 0 Å². The summed E-state index contributed by atoms with van der Waals surface area (Å²) in [6.07, 6.45) is 0.914. The summed E-state index contributed by atoms with van der Waals surface area (Å²) in [6.45, 7) is 6.59. The van der Waals surface area contributed by atoms with Crippen LogP contribution in [-0.4, -0.2) is 23.1 Å². The van der Waals surface area contributed by atoms with Crippen molar-refractivity contribution in [3.8, 4) is 0 Å². The first-order valence-electron chi connectivity index (χ1n) is 9.27. The highest BCUT2D eigenvalue weighted by Crippen LogP contribution is 2.17. The molecule has 0 radical (unpaired) electrons. The zero-order valence-electron chi connectivity index (χ0n) is 15.8. The van der Waals surface area contributed by atoms with Gasteiger partial charge in [0.2, 0.25) is 5.95 Å². The second kappa shape index (κ2) is 9.38. The fraction of sp³-hybridized carbons (Fsp3) is 0.273. The largest absolute Gasteiger partial charge is 0.370 e. The van der Waals surface area contributed by atoms with E-state index in [1.165, 1.54) is 11.1 Å². The fourth-order valence-corrected chi connectivity index (χ4v) is 3.02.